The standard InChI is InChI=1S/C24H25F3N6O3/c1-13-7-17(36-24(25,26)27)8-14(2)20(13)33-12-31-21(28)19(23(33)35)22(34)32-16-9-15(10-29-11-16)18-5-3-4-6-30-18/h7-12,18,30H,3-6,28H2,1-2H3,(H,32,34)/t18-/m1/s1. The minimum Gasteiger partial charge on any atom is -0.406 e. The second kappa shape index (κ2) is 9.97. The molecule has 1 saturated heterocycles. The van der Waals surface area contributed by atoms with Crippen LogP contribution in [0, 0.1) is 13.8 Å². The minimum atomic E-state index is -4.86. The Morgan fingerprint density at radius 1 is 1.19 bits per heavy atom. The van der Waals surface area contributed by atoms with Crippen molar-refractivity contribution in [3.05, 3.63) is 69.5 Å². The molecule has 190 valence electrons. The van der Waals surface area contributed by atoms with Gasteiger partial charge in [-0.2, -0.15) is 0 Å². The molecule has 4 N–H and O–H groups in total. The Labute approximate surface area is 204 Å². The van der Waals surface area contributed by atoms with Crippen molar-refractivity contribution in [1.82, 2.24) is 19.9 Å². The predicted molar refractivity (Wildman–Crippen MR) is 127 cm³/mol. The van der Waals surface area contributed by atoms with Crippen LogP contribution in [0.4, 0.5) is 24.7 Å². The third-order valence-corrected chi connectivity index (χ3v) is 5.90. The quantitative estimate of drug-likeness (QED) is 0.485. The van der Waals surface area contributed by atoms with Crippen molar-refractivity contribution in [3.63, 3.8) is 0 Å². The summed E-state index contributed by atoms with van der Waals surface area (Å²) in [5.74, 6) is -1.48. The molecule has 3 aromatic rings. The van der Waals surface area contributed by atoms with Crippen molar-refractivity contribution in [3.8, 4) is 11.4 Å². The van der Waals surface area contributed by atoms with E-state index in [0.29, 0.717) is 16.8 Å². The van der Waals surface area contributed by atoms with E-state index in [0.717, 1.165) is 54.4 Å². The van der Waals surface area contributed by atoms with E-state index < -0.39 is 29.1 Å². The molecule has 3 heterocycles. The van der Waals surface area contributed by atoms with Gasteiger partial charge in [-0.25, -0.2) is 4.98 Å². The average Bonchev–Trinajstić information content (AvgIpc) is 2.80. The highest BCUT2D eigenvalue weighted by molar-refractivity contribution is 6.06. The normalized spacial score (nSPS) is 16.0. The number of pyridine rings is 1. The van der Waals surface area contributed by atoms with E-state index in [9.17, 15) is 22.8 Å². The first-order valence-corrected chi connectivity index (χ1v) is 11.3. The lowest BCUT2D eigenvalue weighted by Gasteiger charge is -2.23. The monoisotopic (exact) mass is 502 g/mol. The molecule has 9 nitrogen and oxygen atoms in total. The van der Waals surface area contributed by atoms with E-state index in [1.165, 1.54) is 20.0 Å². The molecule has 0 unspecified atom stereocenters. The molecule has 12 heteroatoms. The molecule has 0 radical (unpaired) electrons. The number of anilines is 2. The SMILES string of the molecule is Cc1cc(OC(F)(F)F)cc(C)c1-n1cnc(N)c(C(=O)Nc2cncc([C@H]3CCCCN3)c2)c1=O. The number of carbonyl (C=O) groups excluding carboxylic acids is 1. The van der Waals surface area contributed by atoms with E-state index in [1.807, 2.05) is 0 Å². The fourth-order valence-electron chi connectivity index (χ4n) is 4.37. The van der Waals surface area contributed by atoms with Crippen LogP contribution in [-0.4, -0.2) is 33.3 Å². The van der Waals surface area contributed by atoms with Gasteiger partial charge in [-0.3, -0.25) is 19.1 Å². The summed E-state index contributed by atoms with van der Waals surface area (Å²) in [5.41, 5.74) is 6.91. The van der Waals surface area contributed by atoms with E-state index >= 15 is 0 Å². The zero-order chi connectivity index (χ0) is 26.0. The maximum atomic E-state index is 13.3. The fraction of sp³-hybridized carbons (Fsp3) is 0.333. The summed E-state index contributed by atoms with van der Waals surface area (Å²) in [5, 5.41) is 6.07. The van der Waals surface area contributed by atoms with E-state index in [4.69, 9.17) is 5.73 Å². The summed E-state index contributed by atoms with van der Waals surface area (Å²) in [4.78, 5) is 34.5. The van der Waals surface area contributed by atoms with Gasteiger partial charge < -0.3 is 21.1 Å². The van der Waals surface area contributed by atoms with Gasteiger partial charge in [0.25, 0.3) is 11.5 Å². The molecule has 1 aliphatic heterocycles. The number of hydrogen-bond donors (Lipinski definition) is 3. The third-order valence-electron chi connectivity index (χ3n) is 5.90. The number of aromatic nitrogens is 3. The van der Waals surface area contributed by atoms with Crippen LogP contribution in [0.5, 0.6) is 5.75 Å². The number of amides is 1. The van der Waals surface area contributed by atoms with Crippen LogP contribution in [0.3, 0.4) is 0 Å². The second-order valence-electron chi connectivity index (χ2n) is 8.60. The average molecular weight is 502 g/mol. The van der Waals surface area contributed by atoms with E-state index in [2.05, 4.69) is 25.3 Å². The molecule has 1 atom stereocenters. The Hall–Kier alpha value is -3.93. The first-order valence-electron chi connectivity index (χ1n) is 11.3. The third kappa shape index (κ3) is 5.48. The lowest BCUT2D eigenvalue weighted by atomic mass is 9.99. The molecule has 0 spiro atoms. The summed E-state index contributed by atoms with van der Waals surface area (Å²) >= 11 is 0. The van der Waals surface area contributed by atoms with Gasteiger partial charge in [-0.1, -0.05) is 6.42 Å². The van der Waals surface area contributed by atoms with Crippen molar-refractivity contribution in [2.45, 2.75) is 45.5 Å². The lowest BCUT2D eigenvalue weighted by Crippen LogP contribution is -2.31. The summed E-state index contributed by atoms with van der Waals surface area (Å²) in [6.07, 6.45) is 2.59. The topological polar surface area (TPSA) is 124 Å². The maximum Gasteiger partial charge on any atom is 0.573 e. The highest BCUT2D eigenvalue weighted by Gasteiger charge is 2.31. The number of benzene rings is 1. The first kappa shape index (κ1) is 25.2. The number of nitrogen functional groups attached to an aromatic ring is 1. The van der Waals surface area contributed by atoms with Gasteiger partial charge in [-0.05, 0) is 68.1 Å². The molecule has 0 bridgehead atoms. The maximum absolute atomic E-state index is 13.3. The summed E-state index contributed by atoms with van der Waals surface area (Å²) in [7, 11) is 0. The van der Waals surface area contributed by atoms with Gasteiger partial charge in [-0.15, -0.1) is 13.2 Å². The van der Waals surface area contributed by atoms with Crippen LogP contribution in [0.2, 0.25) is 0 Å². The Morgan fingerprint density at radius 3 is 2.56 bits per heavy atom. The van der Waals surface area contributed by atoms with Crippen molar-refractivity contribution < 1.29 is 22.7 Å². The number of nitrogens with zero attached hydrogens (tertiary/aromatic N) is 3. The highest BCUT2D eigenvalue weighted by atomic mass is 19.4. The molecule has 0 aliphatic carbocycles. The molecule has 1 aromatic carbocycles. The van der Waals surface area contributed by atoms with Crippen LogP contribution in [0.25, 0.3) is 5.69 Å². The number of rotatable bonds is 5. The van der Waals surface area contributed by atoms with Crippen molar-refractivity contribution in [2.75, 3.05) is 17.6 Å². The highest BCUT2D eigenvalue weighted by Crippen LogP contribution is 2.29. The first-order chi connectivity index (χ1) is 17.0. The number of alkyl halides is 3. The number of halogens is 3. The Morgan fingerprint density at radius 2 is 1.92 bits per heavy atom. The zero-order valence-corrected chi connectivity index (χ0v) is 19.6. The Bertz CT molecular complexity index is 1330. The van der Waals surface area contributed by atoms with Crippen molar-refractivity contribution >= 4 is 17.4 Å². The largest absolute Gasteiger partial charge is 0.573 e. The van der Waals surface area contributed by atoms with Crippen LogP contribution in [-0.2, 0) is 0 Å². The molecule has 1 aliphatic rings. The molecular weight excluding hydrogens is 477 g/mol. The number of ether oxygens (including phenoxy) is 1. The number of hydrogen-bond acceptors (Lipinski definition) is 7. The van der Waals surface area contributed by atoms with Crippen molar-refractivity contribution in [1.29, 1.82) is 0 Å². The minimum absolute atomic E-state index is 0.124. The Balaban J connectivity index is 1.65. The lowest BCUT2D eigenvalue weighted by molar-refractivity contribution is -0.274. The summed E-state index contributed by atoms with van der Waals surface area (Å²) in [6.45, 7) is 3.93. The van der Waals surface area contributed by atoms with E-state index in [1.54, 1.807) is 12.3 Å². The molecule has 4 rings (SSSR count). The summed E-state index contributed by atoms with van der Waals surface area (Å²) in [6, 6.07) is 4.20. The van der Waals surface area contributed by atoms with Gasteiger partial charge in [0, 0.05) is 12.2 Å². The van der Waals surface area contributed by atoms with Gasteiger partial charge in [0.15, 0.2) is 0 Å². The molecule has 1 amide bonds. The van der Waals surface area contributed by atoms with Gasteiger partial charge >= 0.3 is 6.36 Å². The number of carbonyl (C=O) groups is 1. The van der Waals surface area contributed by atoms with Crippen LogP contribution in [0.15, 0.2) is 41.7 Å². The van der Waals surface area contributed by atoms with Crippen LogP contribution < -0.4 is 26.7 Å². The van der Waals surface area contributed by atoms with Crippen molar-refractivity contribution in [2.24, 2.45) is 0 Å². The zero-order valence-electron chi connectivity index (χ0n) is 19.6. The van der Waals surface area contributed by atoms with Crippen LogP contribution >= 0.6 is 0 Å². The number of piperidine rings is 1. The fourth-order valence-corrected chi connectivity index (χ4v) is 4.37. The molecular formula is C24H25F3N6O3. The smallest absolute Gasteiger partial charge is 0.406 e. The van der Waals surface area contributed by atoms with E-state index in [-0.39, 0.29) is 17.5 Å². The second-order valence-corrected chi connectivity index (χ2v) is 8.60. The predicted octanol–water partition coefficient (Wildman–Crippen LogP) is 3.79. The van der Waals surface area contributed by atoms with Gasteiger partial charge in [0.05, 0.1) is 17.6 Å². The van der Waals surface area contributed by atoms with Gasteiger partial charge in [0.2, 0.25) is 0 Å². The number of aryl methyl sites for hydroxylation is 2. The number of nitrogens with two attached hydrogens (primary N) is 1. The molecule has 0 saturated carbocycles. The molecule has 2 aromatic heterocycles. The molecule has 1 fully saturated rings. The van der Waals surface area contributed by atoms with Gasteiger partial charge in [0.1, 0.15) is 23.5 Å². The number of nitrogens with one attached hydrogen (secondary N) is 2. The molecule has 36 heavy (non-hydrogen) atoms. The summed E-state index contributed by atoms with van der Waals surface area (Å²) < 4.78 is 43.0. The van der Waals surface area contributed by atoms with Crippen LogP contribution in [0.1, 0.15) is 52.4 Å². The Kier molecular flexibility index (Phi) is 6.97.